The summed E-state index contributed by atoms with van der Waals surface area (Å²) in [5, 5.41) is 12.1. The average molecular weight is 286 g/mol. The highest BCUT2D eigenvalue weighted by atomic mass is 16.6. The molecule has 0 radical (unpaired) electrons. The van der Waals surface area contributed by atoms with Crippen molar-refractivity contribution in [1.29, 1.82) is 0 Å². The van der Waals surface area contributed by atoms with E-state index in [1.165, 1.54) is 6.20 Å². The molecule has 0 aliphatic heterocycles. The molecule has 1 heterocycles. The molecule has 0 atom stereocenters. The number of amides is 1. The second kappa shape index (κ2) is 5.83. The molecule has 2 rings (SSSR count). The summed E-state index contributed by atoms with van der Waals surface area (Å²) in [5.41, 5.74) is 1.81. The van der Waals surface area contributed by atoms with Gasteiger partial charge in [0.2, 0.25) is 0 Å². The number of benzene rings is 1. The van der Waals surface area contributed by atoms with Crippen LogP contribution in [0.5, 0.6) is 5.75 Å². The zero-order chi connectivity index (χ0) is 15.5. The molecule has 0 saturated heterocycles. The number of rotatable bonds is 2. The second-order valence-electron chi connectivity index (χ2n) is 5.64. The van der Waals surface area contributed by atoms with E-state index in [2.05, 4.69) is 10.3 Å². The summed E-state index contributed by atoms with van der Waals surface area (Å²) in [6.07, 6.45) is 2.55. The lowest BCUT2D eigenvalue weighted by Gasteiger charge is -2.19. The molecule has 0 unspecified atom stereocenters. The summed E-state index contributed by atoms with van der Waals surface area (Å²) in [5.74, 6) is 0.114. The number of anilines is 1. The molecule has 0 fully saturated rings. The van der Waals surface area contributed by atoms with E-state index in [-0.39, 0.29) is 5.75 Å². The number of nitrogens with zero attached hydrogens (tertiary/aromatic N) is 1. The molecule has 21 heavy (non-hydrogen) atoms. The molecular formula is C16H18N2O3. The highest BCUT2D eigenvalue weighted by Crippen LogP contribution is 2.23. The largest absolute Gasteiger partial charge is 0.506 e. The number of nitrogens with one attached hydrogen (secondary N) is 1. The topological polar surface area (TPSA) is 71.5 Å². The van der Waals surface area contributed by atoms with Crippen LogP contribution in [-0.4, -0.2) is 21.8 Å². The molecule has 110 valence electrons. The van der Waals surface area contributed by atoms with E-state index in [1.54, 1.807) is 24.4 Å². The molecule has 0 bridgehead atoms. The van der Waals surface area contributed by atoms with Crippen molar-refractivity contribution in [2.45, 2.75) is 26.4 Å². The Morgan fingerprint density at radius 2 is 1.81 bits per heavy atom. The lowest BCUT2D eigenvalue weighted by molar-refractivity contribution is 0.0636. The number of hydrogen-bond donors (Lipinski definition) is 2. The standard InChI is InChI=1S/C16H18N2O3/c1-16(2,3)21-15(20)18-13-6-4-11(5-7-13)12-8-14(19)10-17-9-12/h4-10,19H,1-3H3,(H,18,20). The van der Waals surface area contributed by atoms with Crippen molar-refractivity contribution < 1.29 is 14.6 Å². The van der Waals surface area contributed by atoms with Gasteiger partial charge >= 0.3 is 6.09 Å². The zero-order valence-electron chi connectivity index (χ0n) is 12.3. The first-order valence-corrected chi connectivity index (χ1v) is 6.58. The number of carbonyl (C=O) groups is 1. The highest BCUT2D eigenvalue weighted by molar-refractivity contribution is 5.85. The maximum Gasteiger partial charge on any atom is 0.412 e. The van der Waals surface area contributed by atoms with Gasteiger partial charge in [-0.25, -0.2) is 4.79 Å². The van der Waals surface area contributed by atoms with Crippen molar-refractivity contribution in [3.63, 3.8) is 0 Å². The molecule has 0 spiro atoms. The van der Waals surface area contributed by atoms with Gasteiger partial charge in [0.25, 0.3) is 0 Å². The average Bonchev–Trinajstić information content (AvgIpc) is 2.37. The van der Waals surface area contributed by atoms with Gasteiger partial charge in [-0.3, -0.25) is 10.3 Å². The van der Waals surface area contributed by atoms with E-state index in [0.29, 0.717) is 5.69 Å². The Bertz CT molecular complexity index is 631. The summed E-state index contributed by atoms with van der Waals surface area (Å²) < 4.78 is 5.18. The van der Waals surface area contributed by atoms with Crippen LogP contribution in [0.25, 0.3) is 11.1 Å². The Labute approximate surface area is 123 Å². The SMILES string of the molecule is CC(C)(C)OC(=O)Nc1ccc(-c2cncc(O)c2)cc1. The molecule has 1 aromatic carbocycles. The Morgan fingerprint density at radius 3 is 2.38 bits per heavy atom. The molecule has 1 amide bonds. The summed E-state index contributed by atoms with van der Waals surface area (Å²) >= 11 is 0. The van der Waals surface area contributed by atoms with Crippen molar-refractivity contribution in [2.75, 3.05) is 5.32 Å². The zero-order valence-corrected chi connectivity index (χ0v) is 12.3. The number of hydrogen-bond acceptors (Lipinski definition) is 4. The maximum atomic E-state index is 11.7. The van der Waals surface area contributed by atoms with E-state index in [0.717, 1.165) is 11.1 Å². The first-order valence-electron chi connectivity index (χ1n) is 6.58. The van der Waals surface area contributed by atoms with Gasteiger partial charge in [0.15, 0.2) is 0 Å². The van der Waals surface area contributed by atoms with Crippen LogP contribution < -0.4 is 5.32 Å². The smallest absolute Gasteiger partial charge is 0.412 e. The molecule has 1 aromatic heterocycles. The fourth-order valence-electron chi connectivity index (χ4n) is 1.75. The fraction of sp³-hybridized carbons (Fsp3) is 0.250. The van der Waals surface area contributed by atoms with Gasteiger partial charge in [-0.2, -0.15) is 0 Å². The predicted octanol–water partition coefficient (Wildman–Crippen LogP) is 3.80. The molecule has 0 aliphatic rings. The van der Waals surface area contributed by atoms with Crippen LogP contribution in [0.2, 0.25) is 0 Å². The molecule has 2 aromatic rings. The quantitative estimate of drug-likeness (QED) is 0.880. The second-order valence-corrected chi connectivity index (χ2v) is 5.64. The number of ether oxygens (including phenoxy) is 1. The minimum atomic E-state index is -0.530. The summed E-state index contributed by atoms with van der Waals surface area (Å²) in [6, 6.07) is 8.84. The Kier molecular flexibility index (Phi) is 4.12. The van der Waals surface area contributed by atoms with Crippen LogP contribution in [0.3, 0.4) is 0 Å². The summed E-state index contributed by atoms with van der Waals surface area (Å²) in [6.45, 7) is 5.43. The lowest BCUT2D eigenvalue weighted by Crippen LogP contribution is -2.27. The third kappa shape index (κ3) is 4.49. The predicted molar refractivity (Wildman–Crippen MR) is 81.2 cm³/mol. The van der Waals surface area contributed by atoms with Crippen LogP contribution in [0.4, 0.5) is 10.5 Å². The monoisotopic (exact) mass is 286 g/mol. The van der Waals surface area contributed by atoms with Gasteiger partial charge in [0.1, 0.15) is 11.4 Å². The molecular weight excluding hydrogens is 268 g/mol. The molecule has 2 N–H and O–H groups in total. The summed E-state index contributed by atoms with van der Waals surface area (Å²) in [7, 11) is 0. The first-order chi connectivity index (χ1) is 9.83. The van der Waals surface area contributed by atoms with Crippen molar-refractivity contribution >= 4 is 11.8 Å². The van der Waals surface area contributed by atoms with E-state index in [9.17, 15) is 9.90 Å². The fourth-order valence-corrected chi connectivity index (χ4v) is 1.75. The van der Waals surface area contributed by atoms with Crippen molar-refractivity contribution in [1.82, 2.24) is 4.98 Å². The molecule has 5 heteroatoms. The van der Waals surface area contributed by atoms with Crippen LogP contribution in [0.15, 0.2) is 42.7 Å². The number of pyridine rings is 1. The van der Waals surface area contributed by atoms with Gasteiger partial charge in [-0.05, 0) is 44.5 Å². The summed E-state index contributed by atoms with van der Waals surface area (Å²) in [4.78, 5) is 15.6. The Morgan fingerprint density at radius 1 is 1.14 bits per heavy atom. The van der Waals surface area contributed by atoms with Crippen LogP contribution in [-0.2, 0) is 4.74 Å². The third-order valence-corrected chi connectivity index (χ3v) is 2.59. The van der Waals surface area contributed by atoms with Gasteiger partial charge in [-0.15, -0.1) is 0 Å². The minimum absolute atomic E-state index is 0.114. The molecule has 0 saturated carbocycles. The van der Waals surface area contributed by atoms with Gasteiger partial charge in [0, 0.05) is 17.4 Å². The van der Waals surface area contributed by atoms with Crippen molar-refractivity contribution in [3.8, 4) is 16.9 Å². The minimum Gasteiger partial charge on any atom is -0.506 e. The van der Waals surface area contributed by atoms with Gasteiger partial charge in [-0.1, -0.05) is 12.1 Å². The number of aromatic nitrogens is 1. The number of aromatic hydroxyl groups is 1. The van der Waals surface area contributed by atoms with Gasteiger partial charge in [0.05, 0.1) is 6.20 Å². The van der Waals surface area contributed by atoms with Crippen LogP contribution in [0, 0.1) is 0 Å². The first kappa shape index (κ1) is 14.8. The van der Waals surface area contributed by atoms with Gasteiger partial charge < -0.3 is 9.84 Å². The normalized spacial score (nSPS) is 11.0. The molecule has 5 nitrogen and oxygen atoms in total. The maximum absolute atomic E-state index is 11.7. The van der Waals surface area contributed by atoms with Crippen molar-refractivity contribution in [3.05, 3.63) is 42.7 Å². The van der Waals surface area contributed by atoms with E-state index < -0.39 is 11.7 Å². The Balaban J connectivity index is 2.07. The van der Waals surface area contributed by atoms with Crippen LogP contribution >= 0.6 is 0 Å². The van der Waals surface area contributed by atoms with Crippen molar-refractivity contribution in [2.24, 2.45) is 0 Å². The lowest BCUT2D eigenvalue weighted by atomic mass is 10.1. The van der Waals surface area contributed by atoms with E-state index >= 15 is 0 Å². The Hall–Kier alpha value is -2.56. The third-order valence-electron chi connectivity index (χ3n) is 2.59. The van der Waals surface area contributed by atoms with E-state index in [4.69, 9.17) is 4.74 Å². The number of carbonyl (C=O) groups excluding carboxylic acids is 1. The van der Waals surface area contributed by atoms with E-state index in [1.807, 2.05) is 32.9 Å². The van der Waals surface area contributed by atoms with Crippen LogP contribution in [0.1, 0.15) is 20.8 Å². The molecule has 0 aliphatic carbocycles. The highest BCUT2D eigenvalue weighted by Gasteiger charge is 2.16.